The van der Waals surface area contributed by atoms with Gasteiger partial charge in [0.2, 0.25) is 0 Å². The maximum atomic E-state index is 9.33. The van der Waals surface area contributed by atoms with Crippen LogP contribution in [-0.4, -0.2) is 59.3 Å². The lowest BCUT2D eigenvalue weighted by atomic mass is 9.95. The molecule has 1 heterocycles. The van der Waals surface area contributed by atoms with Crippen molar-refractivity contribution in [3.8, 4) is 0 Å². The smallest absolute Gasteiger partial charge is 0.0599 e. The van der Waals surface area contributed by atoms with Crippen molar-refractivity contribution in [2.45, 2.75) is 45.3 Å². The Bertz CT molecular complexity index is 192. The zero-order chi connectivity index (χ0) is 10.9. The fraction of sp³-hybridized carbons (Fsp3) is 1.00. The van der Waals surface area contributed by atoms with Crippen molar-refractivity contribution < 1.29 is 5.11 Å². The molecule has 0 bridgehead atoms. The molecule has 1 saturated heterocycles. The topological polar surface area (TPSA) is 26.7 Å². The molecule has 84 valence electrons. The number of aliphatic hydroxyl groups is 1. The van der Waals surface area contributed by atoms with Gasteiger partial charge >= 0.3 is 0 Å². The Hall–Kier alpha value is -0.120. The summed E-state index contributed by atoms with van der Waals surface area (Å²) < 4.78 is 0. The summed E-state index contributed by atoms with van der Waals surface area (Å²) in [5.74, 6) is 0. The minimum atomic E-state index is 0.218. The molecule has 1 rings (SSSR count). The molecule has 3 heteroatoms. The van der Waals surface area contributed by atoms with Crippen molar-refractivity contribution in [3.63, 3.8) is 0 Å². The van der Waals surface area contributed by atoms with Crippen molar-refractivity contribution >= 4 is 0 Å². The van der Waals surface area contributed by atoms with Gasteiger partial charge in [-0.1, -0.05) is 0 Å². The van der Waals surface area contributed by atoms with Crippen LogP contribution < -0.4 is 0 Å². The fourth-order valence-electron chi connectivity index (χ4n) is 2.13. The molecular weight excluding hydrogens is 176 g/mol. The molecule has 1 N–H and O–H groups in total. The highest BCUT2D eigenvalue weighted by Crippen LogP contribution is 2.24. The SMILES string of the molecule is CC(C)N1CC(C)(C)N(C)CC1CO. The molecular formula is C11H24N2O. The van der Waals surface area contributed by atoms with E-state index < -0.39 is 0 Å². The molecule has 0 radical (unpaired) electrons. The van der Waals surface area contributed by atoms with E-state index in [4.69, 9.17) is 0 Å². The molecule has 3 nitrogen and oxygen atoms in total. The van der Waals surface area contributed by atoms with E-state index in [0.29, 0.717) is 12.1 Å². The van der Waals surface area contributed by atoms with Crippen LogP contribution in [0.25, 0.3) is 0 Å². The first-order valence-electron chi connectivity index (χ1n) is 5.46. The van der Waals surface area contributed by atoms with Gasteiger partial charge < -0.3 is 5.11 Å². The first kappa shape index (κ1) is 12.0. The average Bonchev–Trinajstić information content (AvgIpc) is 2.08. The van der Waals surface area contributed by atoms with E-state index >= 15 is 0 Å². The Balaban J connectivity index is 2.74. The quantitative estimate of drug-likeness (QED) is 0.713. The van der Waals surface area contributed by atoms with Crippen LogP contribution in [0, 0.1) is 0 Å². The molecule has 0 spiro atoms. The Morgan fingerprint density at radius 1 is 1.43 bits per heavy atom. The lowest BCUT2D eigenvalue weighted by Gasteiger charge is -2.50. The second-order valence-corrected chi connectivity index (χ2v) is 5.30. The van der Waals surface area contributed by atoms with Crippen molar-refractivity contribution in [1.82, 2.24) is 9.80 Å². The second kappa shape index (κ2) is 4.17. The standard InChI is InChI=1S/C11H24N2O/c1-9(2)13-8-11(3,4)12(5)6-10(13)7-14/h9-10,14H,6-8H2,1-5H3. The summed E-state index contributed by atoms with van der Waals surface area (Å²) in [7, 11) is 2.14. The summed E-state index contributed by atoms with van der Waals surface area (Å²) in [6, 6.07) is 0.813. The van der Waals surface area contributed by atoms with Gasteiger partial charge in [0.15, 0.2) is 0 Å². The number of aliphatic hydroxyl groups excluding tert-OH is 1. The molecule has 1 fully saturated rings. The van der Waals surface area contributed by atoms with Gasteiger partial charge in [-0.3, -0.25) is 9.80 Å². The fourth-order valence-corrected chi connectivity index (χ4v) is 2.13. The average molecular weight is 200 g/mol. The van der Waals surface area contributed by atoms with Crippen LogP contribution >= 0.6 is 0 Å². The minimum Gasteiger partial charge on any atom is -0.395 e. The van der Waals surface area contributed by atoms with Crippen LogP contribution in [0.5, 0.6) is 0 Å². The van der Waals surface area contributed by atoms with Crippen LogP contribution in [0.2, 0.25) is 0 Å². The van der Waals surface area contributed by atoms with Gasteiger partial charge in [0.25, 0.3) is 0 Å². The highest BCUT2D eigenvalue weighted by molar-refractivity contribution is 4.94. The zero-order valence-corrected chi connectivity index (χ0v) is 10.1. The minimum absolute atomic E-state index is 0.218. The van der Waals surface area contributed by atoms with Gasteiger partial charge in [0.05, 0.1) is 6.61 Å². The highest BCUT2D eigenvalue weighted by atomic mass is 16.3. The van der Waals surface area contributed by atoms with Crippen molar-refractivity contribution in [2.75, 3.05) is 26.7 Å². The predicted octanol–water partition coefficient (Wildman–Crippen LogP) is 0.782. The number of rotatable bonds is 2. The normalized spacial score (nSPS) is 29.8. The van der Waals surface area contributed by atoms with Crippen LogP contribution in [0.1, 0.15) is 27.7 Å². The zero-order valence-electron chi connectivity index (χ0n) is 10.1. The van der Waals surface area contributed by atoms with Gasteiger partial charge in [-0.05, 0) is 34.7 Å². The lowest BCUT2D eigenvalue weighted by Crippen LogP contribution is -2.64. The first-order valence-corrected chi connectivity index (χ1v) is 5.46. The second-order valence-electron chi connectivity index (χ2n) is 5.30. The third-order valence-corrected chi connectivity index (χ3v) is 3.43. The summed E-state index contributed by atoms with van der Waals surface area (Å²) in [6.45, 7) is 11.2. The number of hydrogen-bond acceptors (Lipinski definition) is 3. The summed E-state index contributed by atoms with van der Waals surface area (Å²) in [4.78, 5) is 4.74. The number of piperazine rings is 1. The van der Waals surface area contributed by atoms with E-state index in [1.54, 1.807) is 0 Å². The molecule has 1 unspecified atom stereocenters. The Kier molecular flexibility index (Phi) is 3.56. The van der Waals surface area contributed by atoms with Gasteiger partial charge in [0, 0.05) is 30.7 Å². The van der Waals surface area contributed by atoms with E-state index in [1.807, 2.05) is 0 Å². The molecule has 0 aromatic carbocycles. The summed E-state index contributed by atoms with van der Waals surface area (Å²) >= 11 is 0. The molecule has 0 saturated carbocycles. The van der Waals surface area contributed by atoms with E-state index in [2.05, 4.69) is 44.5 Å². The number of hydrogen-bond donors (Lipinski definition) is 1. The first-order chi connectivity index (χ1) is 6.38. The monoisotopic (exact) mass is 200 g/mol. The van der Waals surface area contributed by atoms with Gasteiger partial charge in [0.1, 0.15) is 0 Å². The van der Waals surface area contributed by atoms with Crippen LogP contribution in [-0.2, 0) is 0 Å². The molecule has 0 amide bonds. The highest BCUT2D eigenvalue weighted by Gasteiger charge is 2.37. The van der Waals surface area contributed by atoms with Crippen LogP contribution in [0.15, 0.2) is 0 Å². The van der Waals surface area contributed by atoms with Crippen molar-refractivity contribution in [2.24, 2.45) is 0 Å². The van der Waals surface area contributed by atoms with Gasteiger partial charge in [-0.25, -0.2) is 0 Å². The summed E-state index contributed by atoms with van der Waals surface area (Å²) in [6.07, 6.45) is 0. The molecule has 1 aliphatic rings. The number of nitrogens with zero attached hydrogens (tertiary/aromatic N) is 2. The van der Waals surface area contributed by atoms with Crippen LogP contribution in [0.4, 0.5) is 0 Å². The number of likely N-dealkylation sites (N-methyl/N-ethyl adjacent to an activating group) is 1. The van der Waals surface area contributed by atoms with E-state index in [9.17, 15) is 5.11 Å². The van der Waals surface area contributed by atoms with Crippen molar-refractivity contribution in [1.29, 1.82) is 0 Å². The Labute approximate surface area is 87.7 Å². The third kappa shape index (κ3) is 2.27. The largest absolute Gasteiger partial charge is 0.395 e. The van der Waals surface area contributed by atoms with E-state index in [0.717, 1.165) is 13.1 Å². The molecule has 14 heavy (non-hydrogen) atoms. The Morgan fingerprint density at radius 2 is 2.00 bits per heavy atom. The maximum absolute atomic E-state index is 9.33. The predicted molar refractivity (Wildman–Crippen MR) is 59.4 cm³/mol. The summed E-state index contributed by atoms with van der Waals surface area (Å²) in [5.41, 5.74) is 0.218. The van der Waals surface area contributed by atoms with E-state index in [1.165, 1.54) is 0 Å². The molecule has 1 atom stereocenters. The lowest BCUT2D eigenvalue weighted by molar-refractivity contribution is -0.0354. The molecule has 0 aromatic heterocycles. The molecule has 0 aromatic rings. The summed E-state index contributed by atoms with van der Waals surface area (Å²) in [5, 5.41) is 9.33. The van der Waals surface area contributed by atoms with Gasteiger partial charge in [-0.15, -0.1) is 0 Å². The Morgan fingerprint density at radius 3 is 2.43 bits per heavy atom. The molecule has 0 aliphatic carbocycles. The maximum Gasteiger partial charge on any atom is 0.0599 e. The third-order valence-electron chi connectivity index (χ3n) is 3.43. The van der Waals surface area contributed by atoms with Crippen molar-refractivity contribution in [3.05, 3.63) is 0 Å². The van der Waals surface area contributed by atoms with Crippen LogP contribution in [0.3, 0.4) is 0 Å². The van der Waals surface area contributed by atoms with Gasteiger partial charge in [-0.2, -0.15) is 0 Å². The molecule has 1 aliphatic heterocycles. The van der Waals surface area contributed by atoms with E-state index in [-0.39, 0.29) is 12.1 Å².